The minimum Gasteiger partial charge on any atom is -0.507 e. The van der Waals surface area contributed by atoms with Gasteiger partial charge in [0.15, 0.2) is 0 Å². The first-order valence-corrected chi connectivity index (χ1v) is 7.21. The van der Waals surface area contributed by atoms with Gasteiger partial charge in [-0.05, 0) is 49.1 Å². The van der Waals surface area contributed by atoms with Crippen molar-refractivity contribution in [3.63, 3.8) is 0 Å². The molecule has 2 bridgehead atoms. The second-order valence-corrected chi connectivity index (χ2v) is 5.96. The molecular weight excluding hydrogens is 236 g/mol. The Morgan fingerprint density at radius 3 is 2.26 bits per heavy atom. The summed E-state index contributed by atoms with van der Waals surface area (Å²) in [6.45, 7) is 2.10. The van der Waals surface area contributed by atoms with Crippen molar-refractivity contribution in [1.29, 1.82) is 0 Å². The maximum absolute atomic E-state index is 10.6. The van der Waals surface area contributed by atoms with Crippen LogP contribution in [-0.2, 0) is 6.42 Å². The number of hydrogen-bond acceptors (Lipinski definition) is 2. The van der Waals surface area contributed by atoms with Crippen molar-refractivity contribution in [2.45, 2.75) is 44.4 Å². The minimum absolute atomic E-state index is 0.414. The van der Waals surface area contributed by atoms with E-state index in [1.807, 2.05) is 18.2 Å². The molecule has 0 amide bonds. The molecule has 2 heteroatoms. The second kappa shape index (κ2) is 3.66. The molecule has 0 radical (unpaired) electrons. The number of phenols is 2. The van der Waals surface area contributed by atoms with Gasteiger partial charge in [-0.1, -0.05) is 19.1 Å². The Morgan fingerprint density at radius 2 is 1.63 bits per heavy atom. The molecule has 2 aromatic carbocycles. The lowest BCUT2D eigenvalue weighted by molar-refractivity contribution is 0.451. The van der Waals surface area contributed by atoms with E-state index < -0.39 is 0 Å². The van der Waals surface area contributed by atoms with Crippen LogP contribution in [0.5, 0.6) is 11.5 Å². The van der Waals surface area contributed by atoms with Crippen LogP contribution in [0.25, 0.3) is 10.8 Å². The third kappa shape index (κ3) is 1.32. The lowest BCUT2D eigenvalue weighted by atomic mass is 9.87. The predicted molar refractivity (Wildman–Crippen MR) is 76.0 cm³/mol. The van der Waals surface area contributed by atoms with E-state index in [0.717, 1.165) is 47.6 Å². The Hall–Kier alpha value is -1.70. The van der Waals surface area contributed by atoms with Crippen LogP contribution < -0.4 is 0 Å². The van der Waals surface area contributed by atoms with Gasteiger partial charge in [-0.15, -0.1) is 0 Å². The third-order valence-electron chi connectivity index (χ3n) is 5.05. The standard InChI is InChI=1S/C17H18O2/c1-2-9-3-6-12-13(7-9)17(19)15-11-5-4-10(8-11)14(15)16(12)18/h3,6-7,10-11,18-19H,2,4-5,8H2,1H3. The van der Waals surface area contributed by atoms with Gasteiger partial charge >= 0.3 is 0 Å². The van der Waals surface area contributed by atoms with Crippen molar-refractivity contribution in [3.8, 4) is 11.5 Å². The fourth-order valence-electron chi connectivity index (χ4n) is 4.09. The van der Waals surface area contributed by atoms with Crippen LogP contribution in [0.1, 0.15) is 54.7 Å². The molecule has 4 rings (SSSR count). The summed E-state index contributed by atoms with van der Waals surface area (Å²) >= 11 is 0. The van der Waals surface area contributed by atoms with Gasteiger partial charge in [0, 0.05) is 21.9 Å². The SMILES string of the molecule is CCc1ccc2c(O)c3c(c(O)c2c1)C1CCC3C1. The zero-order chi connectivity index (χ0) is 13.1. The molecule has 2 aromatic rings. The molecule has 1 fully saturated rings. The van der Waals surface area contributed by atoms with Crippen molar-refractivity contribution < 1.29 is 10.2 Å². The van der Waals surface area contributed by atoms with E-state index in [0.29, 0.717) is 23.3 Å². The lowest BCUT2D eigenvalue weighted by Crippen LogP contribution is -2.00. The van der Waals surface area contributed by atoms with Gasteiger partial charge < -0.3 is 10.2 Å². The van der Waals surface area contributed by atoms with Crippen LogP contribution in [-0.4, -0.2) is 10.2 Å². The highest BCUT2D eigenvalue weighted by Gasteiger charge is 2.41. The lowest BCUT2D eigenvalue weighted by Gasteiger charge is -2.20. The molecule has 0 spiro atoms. The molecule has 2 atom stereocenters. The Morgan fingerprint density at radius 1 is 1.00 bits per heavy atom. The molecular formula is C17H18O2. The summed E-state index contributed by atoms with van der Waals surface area (Å²) in [6.07, 6.45) is 4.36. The monoisotopic (exact) mass is 254 g/mol. The summed E-state index contributed by atoms with van der Waals surface area (Å²) in [7, 11) is 0. The molecule has 0 heterocycles. The van der Waals surface area contributed by atoms with E-state index >= 15 is 0 Å². The number of aryl methyl sites for hydroxylation is 1. The molecule has 98 valence electrons. The van der Waals surface area contributed by atoms with E-state index in [1.165, 1.54) is 5.56 Å². The van der Waals surface area contributed by atoms with Gasteiger partial charge in [0.05, 0.1) is 0 Å². The van der Waals surface area contributed by atoms with Crippen molar-refractivity contribution in [3.05, 3.63) is 34.9 Å². The quantitative estimate of drug-likeness (QED) is 0.749. The van der Waals surface area contributed by atoms with Gasteiger partial charge in [-0.25, -0.2) is 0 Å². The van der Waals surface area contributed by atoms with Crippen LogP contribution in [0.3, 0.4) is 0 Å². The zero-order valence-corrected chi connectivity index (χ0v) is 11.1. The van der Waals surface area contributed by atoms with Crippen molar-refractivity contribution in [2.75, 3.05) is 0 Å². The van der Waals surface area contributed by atoms with Crippen LogP contribution in [0, 0.1) is 0 Å². The average Bonchev–Trinajstić information content (AvgIpc) is 3.05. The van der Waals surface area contributed by atoms with Crippen molar-refractivity contribution in [2.24, 2.45) is 0 Å². The van der Waals surface area contributed by atoms with Crippen LogP contribution in [0.2, 0.25) is 0 Å². The first-order valence-electron chi connectivity index (χ1n) is 7.21. The first kappa shape index (κ1) is 11.2. The molecule has 2 N–H and O–H groups in total. The number of rotatable bonds is 1. The molecule has 0 aliphatic heterocycles. The van der Waals surface area contributed by atoms with E-state index in [9.17, 15) is 10.2 Å². The largest absolute Gasteiger partial charge is 0.507 e. The fraction of sp³-hybridized carbons (Fsp3) is 0.412. The highest BCUT2D eigenvalue weighted by Crippen LogP contribution is 2.60. The average molecular weight is 254 g/mol. The topological polar surface area (TPSA) is 40.5 Å². The third-order valence-corrected chi connectivity index (χ3v) is 5.05. The Balaban J connectivity index is 2.10. The van der Waals surface area contributed by atoms with Crippen LogP contribution >= 0.6 is 0 Å². The highest BCUT2D eigenvalue weighted by atomic mass is 16.3. The summed E-state index contributed by atoms with van der Waals surface area (Å²) in [5.41, 5.74) is 3.27. The maximum Gasteiger partial charge on any atom is 0.127 e. The van der Waals surface area contributed by atoms with E-state index in [2.05, 4.69) is 6.92 Å². The summed E-state index contributed by atoms with van der Waals surface area (Å²) in [5, 5.41) is 22.8. The van der Waals surface area contributed by atoms with Gasteiger partial charge in [-0.3, -0.25) is 0 Å². The Labute approximate surface area is 112 Å². The Kier molecular flexibility index (Phi) is 2.15. The van der Waals surface area contributed by atoms with Crippen molar-refractivity contribution >= 4 is 10.8 Å². The summed E-state index contributed by atoms with van der Waals surface area (Å²) in [6, 6.07) is 6.02. The summed E-state index contributed by atoms with van der Waals surface area (Å²) in [5.74, 6) is 1.75. The second-order valence-electron chi connectivity index (χ2n) is 5.96. The molecule has 0 saturated heterocycles. The van der Waals surface area contributed by atoms with E-state index in [4.69, 9.17) is 0 Å². The molecule has 2 nitrogen and oxygen atoms in total. The zero-order valence-electron chi connectivity index (χ0n) is 11.1. The number of hydrogen-bond donors (Lipinski definition) is 2. The smallest absolute Gasteiger partial charge is 0.127 e. The van der Waals surface area contributed by atoms with Gasteiger partial charge in [0.25, 0.3) is 0 Å². The van der Waals surface area contributed by atoms with Crippen molar-refractivity contribution in [1.82, 2.24) is 0 Å². The number of aromatic hydroxyl groups is 2. The normalized spacial score (nSPS) is 24.1. The summed E-state index contributed by atoms with van der Waals surface area (Å²) in [4.78, 5) is 0. The number of fused-ring (bicyclic) bond motifs is 6. The molecule has 2 aliphatic carbocycles. The van der Waals surface area contributed by atoms with Crippen LogP contribution in [0.15, 0.2) is 18.2 Å². The van der Waals surface area contributed by atoms with Gasteiger partial charge in [0.1, 0.15) is 11.5 Å². The number of phenolic OH excluding ortho intramolecular Hbond substituents is 2. The first-order chi connectivity index (χ1) is 9.20. The molecule has 2 unspecified atom stereocenters. The maximum atomic E-state index is 10.6. The Bertz CT molecular complexity index is 687. The van der Waals surface area contributed by atoms with Crippen LogP contribution in [0.4, 0.5) is 0 Å². The van der Waals surface area contributed by atoms with Gasteiger partial charge in [0.2, 0.25) is 0 Å². The molecule has 1 saturated carbocycles. The van der Waals surface area contributed by atoms with Gasteiger partial charge in [-0.2, -0.15) is 0 Å². The minimum atomic E-state index is 0.414. The molecule has 19 heavy (non-hydrogen) atoms. The summed E-state index contributed by atoms with van der Waals surface area (Å²) < 4.78 is 0. The molecule has 0 aromatic heterocycles. The highest BCUT2D eigenvalue weighted by molar-refractivity contribution is 5.97. The van der Waals surface area contributed by atoms with E-state index in [1.54, 1.807) is 0 Å². The number of benzene rings is 2. The fourth-order valence-corrected chi connectivity index (χ4v) is 4.09. The van der Waals surface area contributed by atoms with E-state index in [-0.39, 0.29) is 0 Å². The molecule has 2 aliphatic rings. The predicted octanol–water partition coefficient (Wildman–Crippen LogP) is 4.18.